The third kappa shape index (κ3) is 7.30. The number of hydrogen-bond donors (Lipinski definition) is 2. The number of hydrogen-bond acceptors (Lipinski definition) is 8. The minimum Gasteiger partial charge on any atom is -0.384 e. The summed E-state index contributed by atoms with van der Waals surface area (Å²) in [6.07, 6.45) is 0. The van der Waals surface area contributed by atoms with Gasteiger partial charge in [-0.05, 0) is 64.1 Å². The summed E-state index contributed by atoms with van der Waals surface area (Å²) in [5, 5.41) is 6.41. The van der Waals surface area contributed by atoms with Gasteiger partial charge in [0.2, 0.25) is 5.91 Å². The van der Waals surface area contributed by atoms with Crippen LogP contribution < -0.4 is 14.8 Å². The molecule has 11 heteroatoms. The van der Waals surface area contributed by atoms with Crippen molar-refractivity contribution in [1.29, 1.82) is 0 Å². The number of carbonyl (C=O) groups is 1. The Bertz CT molecular complexity index is 1200. The van der Waals surface area contributed by atoms with Crippen LogP contribution in [0.25, 0.3) is 10.2 Å². The molecule has 2 N–H and O–H groups in total. The van der Waals surface area contributed by atoms with Gasteiger partial charge in [0, 0.05) is 43.9 Å². The zero-order valence-electron chi connectivity index (χ0n) is 19.9. The van der Waals surface area contributed by atoms with E-state index in [-0.39, 0.29) is 29.0 Å². The lowest BCUT2D eigenvalue weighted by Gasteiger charge is -2.30. The summed E-state index contributed by atoms with van der Waals surface area (Å²) in [6, 6.07) is 12.2. The van der Waals surface area contributed by atoms with E-state index in [2.05, 4.69) is 48.2 Å². The minimum absolute atomic E-state index is 0. The van der Waals surface area contributed by atoms with Crippen LogP contribution in [0.2, 0.25) is 0 Å². The SMILES string of the molecule is CC(=O)Nc1nc2ccc(OS(=O)(=O)c3ccc(NCCN(C(C)C)C(C)C)cc3)cc2s1.Cl. The van der Waals surface area contributed by atoms with Crippen LogP contribution in [0.15, 0.2) is 47.4 Å². The number of thiazole rings is 1. The second-order valence-corrected chi connectivity index (χ2v) is 10.8. The van der Waals surface area contributed by atoms with E-state index in [0.29, 0.717) is 27.4 Å². The average Bonchev–Trinajstić information content (AvgIpc) is 3.11. The van der Waals surface area contributed by atoms with Crippen molar-refractivity contribution < 1.29 is 17.4 Å². The molecule has 186 valence electrons. The smallest absolute Gasteiger partial charge is 0.339 e. The quantitative estimate of drug-likeness (QED) is 0.359. The van der Waals surface area contributed by atoms with Gasteiger partial charge in [-0.1, -0.05) is 11.3 Å². The largest absolute Gasteiger partial charge is 0.384 e. The maximum absolute atomic E-state index is 12.7. The van der Waals surface area contributed by atoms with Crippen molar-refractivity contribution in [3.05, 3.63) is 42.5 Å². The lowest BCUT2D eigenvalue weighted by molar-refractivity contribution is -0.114. The van der Waals surface area contributed by atoms with Crippen molar-refractivity contribution in [2.75, 3.05) is 23.7 Å². The highest BCUT2D eigenvalue weighted by Gasteiger charge is 2.18. The third-order valence-electron chi connectivity index (χ3n) is 5.02. The highest BCUT2D eigenvalue weighted by Crippen LogP contribution is 2.30. The summed E-state index contributed by atoms with van der Waals surface area (Å²) in [5.74, 6) is -0.0339. The molecule has 0 aliphatic carbocycles. The van der Waals surface area contributed by atoms with E-state index in [9.17, 15) is 13.2 Å². The summed E-state index contributed by atoms with van der Waals surface area (Å²) < 4.78 is 31.5. The number of nitrogens with one attached hydrogen (secondary N) is 2. The summed E-state index contributed by atoms with van der Waals surface area (Å²) in [4.78, 5) is 18.0. The fourth-order valence-corrected chi connectivity index (χ4v) is 5.38. The van der Waals surface area contributed by atoms with Gasteiger partial charge >= 0.3 is 10.1 Å². The van der Waals surface area contributed by atoms with E-state index >= 15 is 0 Å². The molecule has 2 aromatic carbocycles. The molecule has 3 aromatic rings. The molecule has 0 aliphatic heterocycles. The number of nitrogens with zero attached hydrogens (tertiary/aromatic N) is 2. The Morgan fingerprint density at radius 3 is 2.32 bits per heavy atom. The van der Waals surface area contributed by atoms with Gasteiger partial charge < -0.3 is 14.8 Å². The number of carbonyl (C=O) groups excluding carboxylic acids is 1. The van der Waals surface area contributed by atoms with Gasteiger partial charge in [0.15, 0.2) is 5.13 Å². The molecular formula is C23H31ClN4O4S2. The molecule has 1 amide bonds. The van der Waals surface area contributed by atoms with Crippen LogP contribution in [-0.2, 0) is 14.9 Å². The van der Waals surface area contributed by atoms with E-state index in [1.807, 2.05) is 0 Å². The molecule has 0 atom stereocenters. The molecule has 0 fully saturated rings. The maximum atomic E-state index is 12.7. The molecule has 1 heterocycles. The Hall–Kier alpha value is -2.40. The predicted octanol–water partition coefficient (Wildman–Crippen LogP) is 4.97. The molecule has 0 aliphatic rings. The van der Waals surface area contributed by atoms with Gasteiger partial charge in [-0.25, -0.2) is 4.98 Å². The Morgan fingerprint density at radius 2 is 1.74 bits per heavy atom. The number of aromatic nitrogens is 1. The Morgan fingerprint density at radius 1 is 1.09 bits per heavy atom. The second kappa shape index (κ2) is 11.8. The molecule has 0 bridgehead atoms. The fraction of sp³-hybridized carbons (Fsp3) is 0.391. The summed E-state index contributed by atoms with van der Waals surface area (Å²) in [6.45, 7) is 11.8. The van der Waals surface area contributed by atoms with Crippen molar-refractivity contribution in [2.45, 2.75) is 51.6 Å². The first-order chi connectivity index (χ1) is 15.5. The normalized spacial score (nSPS) is 11.6. The van der Waals surface area contributed by atoms with Gasteiger partial charge in [-0.15, -0.1) is 12.4 Å². The number of benzene rings is 2. The maximum Gasteiger partial charge on any atom is 0.339 e. The molecule has 0 radical (unpaired) electrons. The second-order valence-electron chi connectivity index (χ2n) is 8.24. The number of fused-ring (bicyclic) bond motifs is 1. The summed E-state index contributed by atoms with van der Waals surface area (Å²) in [5.41, 5.74) is 1.50. The van der Waals surface area contributed by atoms with Crippen LogP contribution >= 0.6 is 23.7 Å². The van der Waals surface area contributed by atoms with E-state index < -0.39 is 10.1 Å². The van der Waals surface area contributed by atoms with E-state index in [0.717, 1.165) is 18.8 Å². The number of rotatable bonds is 10. The monoisotopic (exact) mass is 526 g/mol. The van der Waals surface area contributed by atoms with E-state index in [1.54, 1.807) is 30.3 Å². The first-order valence-electron chi connectivity index (χ1n) is 10.8. The van der Waals surface area contributed by atoms with Crippen LogP contribution in [0.1, 0.15) is 34.6 Å². The Labute approximate surface area is 211 Å². The van der Waals surface area contributed by atoms with E-state index in [1.165, 1.54) is 30.4 Å². The van der Waals surface area contributed by atoms with Crippen molar-refractivity contribution in [3.8, 4) is 5.75 Å². The summed E-state index contributed by atoms with van der Waals surface area (Å²) in [7, 11) is -3.99. The topological polar surface area (TPSA) is 101 Å². The highest BCUT2D eigenvalue weighted by atomic mass is 35.5. The van der Waals surface area contributed by atoms with Gasteiger partial charge in [0.1, 0.15) is 10.6 Å². The average molecular weight is 527 g/mol. The van der Waals surface area contributed by atoms with Gasteiger partial charge in [0.05, 0.1) is 10.2 Å². The van der Waals surface area contributed by atoms with Gasteiger partial charge in [-0.2, -0.15) is 8.42 Å². The van der Waals surface area contributed by atoms with Crippen molar-refractivity contribution >= 4 is 60.8 Å². The molecular weight excluding hydrogens is 496 g/mol. The number of anilines is 2. The van der Waals surface area contributed by atoms with Crippen LogP contribution in [0.5, 0.6) is 5.75 Å². The Kier molecular flexibility index (Phi) is 9.69. The Balaban J connectivity index is 0.00000408. The van der Waals surface area contributed by atoms with Crippen molar-refractivity contribution in [2.24, 2.45) is 0 Å². The standard InChI is InChI=1S/C23H30N4O4S2.ClH/c1-15(2)27(16(3)4)13-12-24-18-6-9-20(10-7-18)33(29,30)31-19-8-11-21-22(14-19)32-23(26-21)25-17(5)28;/h6-11,14-16,24H,12-13H2,1-5H3,(H,25,26,28);1H. The molecule has 0 saturated heterocycles. The van der Waals surface area contributed by atoms with Crippen molar-refractivity contribution in [3.63, 3.8) is 0 Å². The molecule has 34 heavy (non-hydrogen) atoms. The molecule has 0 saturated carbocycles. The van der Waals surface area contributed by atoms with Crippen LogP contribution in [0, 0.1) is 0 Å². The van der Waals surface area contributed by atoms with Crippen LogP contribution in [-0.4, -0.2) is 49.4 Å². The third-order valence-corrected chi connectivity index (χ3v) is 7.21. The zero-order valence-corrected chi connectivity index (χ0v) is 22.3. The lowest BCUT2D eigenvalue weighted by Crippen LogP contribution is -2.40. The lowest BCUT2D eigenvalue weighted by atomic mass is 10.2. The van der Waals surface area contributed by atoms with Crippen LogP contribution in [0.4, 0.5) is 10.8 Å². The van der Waals surface area contributed by atoms with Gasteiger partial charge in [-0.3, -0.25) is 9.69 Å². The predicted molar refractivity (Wildman–Crippen MR) is 141 cm³/mol. The van der Waals surface area contributed by atoms with Crippen LogP contribution in [0.3, 0.4) is 0 Å². The molecule has 1 aromatic heterocycles. The molecule has 3 rings (SSSR count). The fourth-order valence-electron chi connectivity index (χ4n) is 3.52. The van der Waals surface area contributed by atoms with E-state index in [4.69, 9.17) is 4.18 Å². The zero-order chi connectivity index (χ0) is 24.2. The molecule has 0 spiro atoms. The molecule has 8 nitrogen and oxygen atoms in total. The van der Waals surface area contributed by atoms with Crippen molar-refractivity contribution in [1.82, 2.24) is 9.88 Å². The first kappa shape index (κ1) is 27.8. The summed E-state index contributed by atoms with van der Waals surface area (Å²) >= 11 is 1.25. The van der Waals surface area contributed by atoms with Gasteiger partial charge in [0.25, 0.3) is 0 Å². The molecule has 0 unspecified atom stereocenters. The highest BCUT2D eigenvalue weighted by molar-refractivity contribution is 7.87. The minimum atomic E-state index is -3.99. The first-order valence-corrected chi connectivity index (χ1v) is 13.0. The number of halogens is 1. The number of amides is 1.